The standard InChI is InChI=1S/C26H30F3N3O2S/c27-26(28,29)20-10-13-23(32-14-4-5-15-32)22(16-20)30-25(35)31-24(33)17-34-21-11-8-19(9-12-21)18-6-2-1-3-7-18/h8-13,16,18H,1-7,14-15,17H2,(H2,30,31,33,35). The van der Waals surface area contributed by atoms with Crippen LogP contribution in [0.4, 0.5) is 24.5 Å². The summed E-state index contributed by atoms with van der Waals surface area (Å²) in [5.74, 6) is 0.673. The minimum absolute atomic E-state index is 0.0778. The van der Waals surface area contributed by atoms with E-state index in [0.717, 1.165) is 38.1 Å². The van der Waals surface area contributed by atoms with Gasteiger partial charge < -0.3 is 15.0 Å². The minimum Gasteiger partial charge on any atom is -0.484 e. The molecule has 2 aromatic carbocycles. The van der Waals surface area contributed by atoms with Crippen LogP contribution in [0.25, 0.3) is 0 Å². The third kappa shape index (κ3) is 6.87. The molecule has 1 heterocycles. The number of hydrogen-bond acceptors (Lipinski definition) is 4. The summed E-state index contributed by atoms with van der Waals surface area (Å²) in [6.07, 6.45) is 3.70. The molecular formula is C26H30F3N3O2S. The Morgan fingerprint density at radius 3 is 2.34 bits per heavy atom. The number of benzene rings is 2. The lowest BCUT2D eigenvalue weighted by atomic mass is 9.84. The van der Waals surface area contributed by atoms with E-state index < -0.39 is 17.6 Å². The Bertz CT molecular complexity index is 1030. The number of halogens is 3. The Morgan fingerprint density at radius 1 is 1.00 bits per heavy atom. The van der Waals surface area contributed by atoms with E-state index in [0.29, 0.717) is 17.4 Å². The predicted molar refractivity (Wildman–Crippen MR) is 135 cm³/mol. The molecule has 0 bridgehead atoms. The van der Waals surface area contributed by atoms with Crippen molar-refractivity contribution in [1.29, 1.82) is 0 Å². The smallest absolute Gasteiger partial charge is 0.416 e. The van der Waals surface area contributed by atoms with E-state index in [-0.39, 0.29) is 17.4 Å². The summed E-state index contributed by atoms with van der Waals surface area (Å²) in [5.41, 5.74) is 1.35. The molecule has 5 nitrogen and oxygen atoms in total. The molecule has 1 saturated heterocycles. The second-order valence-corrected chi connectivity index (χ2v) is 9.53. The van der Waals surface area contributed by atoms with Gasteiger partial charge in [-0.1, -0.05) is 31.4 Å². The molecule has 0 aromatic heterocycles. The van der Waals surface area contributed by atoms with E-state index in [9.17, 15) is 18.0 Å². The number of amides is 1. The Balaban J connectivity index is 1.32. The number of anilines is 2. The normalized spacial score (nSPS) is 16.7. The molecule has 1 aliphatic carbocycles. The third-order valence-corrected chi connectivity index (χ3v) is 6.80. The van der Waals surface area contributed by atoms with Crippen molar-refractivity contribution >= 4 is 34.6 Å². The highest BCUT2D eigenvalue weighted by Gasteiger charge is 2.32. The molecule has 1 saturated carbocycles. The zero-order chi connectivity index (χ0) is 24.8. The number of rotatable bonds is 6. The highest BCUT2D eigenvalue weighted by molar-refractivity contribution is 7.80. The van der Waals surface area contributed by atoms with E-state index in [2.05, 4.69) is 10.6 Å². The van der Waals surface area contributed by atoms with Crippen LogP contribution in [0.3, 0.4) is 0 Å². The van der Waals surface area contributed by atoms with Gasteiger partial charge in [0.05, 0.1) is 16.9 Å². The van der Waals surface area contributed by atoms with Crippen molar-refractivity contribution in [3.8, 4) is 5.75 Å². The van der Waals surface area contributed by atoms with Crippen LogP contribution in [0.5, 0.6) is 5.75 Å². The van der Waals surface area contributed by atoms with Crippen molar-refractivity contribution < 1.29 is 22.7 Å². The highest BCUT2D eigenvalue weighted by atomic mass is 32.1. The van der Waals surface area contributed by atoms with E-state index >= 15 is 0 Å². The maximum Gasteiger partial charge on any atom is 0.416 e. The Kier molecular flexibility index (Phi) is 8.15. The van der Waals surface area contributed by atoms with Gasteiger partial charge in [0.15, 0.2) is 11.7 Å². The van der Waals surface area contributed by atoms with Gasteiger partial charge in [-0.05, 0) is 79.7 Å². The van der Waals surface area contributed by atoms with Gasteiger partial charge in [0.1, 0.15) is 5.75 Å². The minimum atomic E-state index is -4.48. The molecule has 0 radical (unpaired) electrons. The maximum absolute atomic E-state index is 13.3. The molecule has 9 heteroatoms. The van der Waals surface area contributed by atoms with Gasteiger partial charge in [-0.15, -0.1) is 0 Å². The van der Waals surface area contributed by atoms with Gasteiger partial charge in [0.2, 0.25) is 0 Å². The maximum atomic E-state index is 13.3. The van der Waals surface area contributed by atoms with Crippen molar-refractivity contribution in [3.63, 3.8) is 0 Å². The number of nitrogens with zero attached hydrogens (tertiary/aromatic N) is 1. The number of thiocarbonyl (C=S) groups is 1. The van der Waals surface area contributed by atoms with Crippen molar-refractivity contribution in [1.82, 2.24) is 5.32 Å². The van der Waals surface area contributed by atoms with Crippen LogP contribution < -0.4 is 20.3 Å². The topological polar surface area (TPSA) is 53.6 Å². The number of nitrogens with one attached hydrogen (secondary N) is 2. The monoisotopic (exact) mass is 505 g/mol. The van der Waals surface area contributed by atoms with Crippen LogP contribution >= 0.6 is 12.2 Å². The summed E-state index contributed by atoms with van der Waals surface area (Å²) in [7, 11) is 0. The lowest BCUT2D eigenvalue weighted by molar-refractivity contribution is -0.137. The van der Waals surface area contributed by atoms with Crippen molar-refractivity contribution in [2.24, 2.45) is 0 Å². The van der Waals surface area contributed by atoms with Gasteiger partial charge in [-0.25, -0.2) is 0 Å². The van der Waals surface area contributed by atoms with Gasteiger partial charge in [-0.3, -0.25) is 10.1 Å². The highest BCUT2D eigenvalue weighted by Crippen LogP contribution is 2.36. The molecule has 2 aromatic rings. The number of carbonyl (C=O) groups excluding carboxylic acids is 1. The fourth-order valence-electron chi connectivity index (χ4n) is 4.78. The molecule has 1 amide bonds. The fourth-order valence-corrected chi connectivity index (χ4v) is 5.01. The largest absolute Gasteiger partial charge is 0.484 e. The SMILES string of the molecule is O=C(COc1ccc(C2CCCCC2)cc1)NC(=S)Nc1cc(C(F)(F)F)ccc1N1CCCC1. The van der Waals surface area contributed by atoms with Crippen LogP contribution in [0.2, 0.25) is 0 Å². The van der Waals surface area contributed by atoms with Gasteiger partial charge in [0.25, 0.3) is 5.91 Å². The van der Waals surface area contributed by atoms with Crippen LogP contribution in [0, 0.1) is 0 Å². The summed E-state index contributed by atoms with van der Waals surface area (Å²) < 4.78 is 45.3. The summed E-state index contributed by atoms with van der Waals surface area (Å²) in [4.78, 5) is 14.4. The zero-order valence-electron chi connectivity index (χ0n) is 19.5. The Hall–Kier alpha value is -2.81. The summed E-state index contributed by atoms with van der Waals surface area (Å²) in [6, 6.07) is 11.3. The van der Waals surface area contributed by atoms with Crippen LogP contribution in [-0.4, -0.2) is 30.7 Å². The van der Waals surface area contributed by atoms with Gasteiger partial charge in [-0.2, -0.15) is 13.2 Å². The van der Waals surface area contributed by atoms with Crippen molar-refractivity contribution in [2.45, 2.75) is 57.0 Å². The average molecular weight is 506 g/mol. The van der Waals surface area contributed by atoms with Crippen LogP contribution in [0.15, 0.2) is 42.5 Å². The summed E-state index contributed by atoms with van der Waals surface area (Å²) >= 11 is 5.21. The molecule has 0 atom stereocenters. The van der Waals surface area contributed by atoms with E-state index in [1.54, 1.807) is 0 Å². The molecule has 188 valence electrons. The molecular weight excluding hydrogens is 475 g/mol. The first-order valence-electron chi connectivity index (χ1n) is 12.1. The molecule has 0 unspecified atom stereocenters. The Labute approximate surface area is 209 Å². The quantitative estimate of drug-likeness (QED) is 0.455. The number of alkyl halides is 3. The van der Waals surface area contributed by atoms with Gasteiger partial charge in [0, 0.05) is 13.1 Å². The molecule has 4 rings (SSSR count). The average Bonchev–Trinajstić information content (AvgIpc) is 3.38. The number of carbonyl (C=O) groups is 1. The first-order valence-corrected chi connectivity index (χ1v) is 12.5. The first-order chi connectivity index (χ1) is 16.8. The second kappa shape index (κ2) is 11.3. The third-order valence-electron chi connectivity index (χ3n) is 6.60. The molecule has 35 heavy (non-hydrogen) atoms. The van der Waals surface area contributed by atoms with Gasteiger partial charge >= 0.3 is 6.18 Å². The molecule has 2 fully saturated rings. The first kappa shape index (κ1) is 25.3. The molecule has 0 spiro atoms. The van der Waals surface area contributed by atoms with Crippen LogP contribution in [0.1, 0.15) is 62.0 Å². The number of ether oxygens (including phenoxy) is 1. The van der Waals surface area contributed by atoms with E-state index in [4.69, 9.17) is 17.0 Å². The number of hydrogen-bond donors (Lipinski definition) is 2. The molecule has 2 N–H and O–H groups in total. The summed E-state index contributed by atoms with van der Waals surface area (Å²) in [5, 5.41) is 5.19. The van der Waals surface area contributed by atoms with E-state index in [1.807, 2.05) is 29.2 Å². The predicted octanol–water partition coefficient (Wildman–Crippen LogP) is 6.25. The van der Waals surface area contributed by atoms with Crippen molar-refractivity contribution in [2.75, 3.05) is 29.9 Å². The lowest BCUT2D eigenvalue weighted by Crippen LogP contribution is -2.37. The Morgan fingerprint density at radius 2 is 1.69 bits per heavy atom. The lowest BCUT2D eigenvalue weighted by Gasteiger charge is -2.23. The summed E-state index contributed by atoms with van der Waals surface area (Å²) in [6.45, 7) is 1.26. The fraction of sp³-hybridized carbons (Fsp3) is 0.462. The molecule has 1 aliphatic heterocycles. The molecule has 2 aliphatic rings. The van der Waals surface area contributed by atoms with E-state index in [1.165, 1.54) is 43.7 Å². The second-order valence-electron chi connectivity index (χ2n) is 9.12. The van der Waals surface area contributed by atoms with Crippen molar-refractivity contribution in [3.05, 3.63) is 53.6 Å². The zero-order valence-corrected chi connectivity index (χ0v) is 20.3. The van der Waals surface area contributed by atoms with Crippen LogP contribution in [-0.2, 0) is 11.0 Å².